The van der Waals surface area contributed by atoms with Crippen LogP contribution in [0.1, 0.15) is 12.0 Å². The number of rotatable bonds is 4. The maximum absolute atomic E-state index is 13.2. The third-order valence-corrected chi connectivity index (χ3v) is 5.61. The molecule has 0 spiro atoms. The van der Waals surface area contributed by atoms with Gasteiger partial charge in [-0.3, -0.25) is 9.59 Å². The summed E-state index contributed by atoms with van der Waals surface area (Å²) >= 11 is 4.70. The molecule has 0 bridgehead atoms. The normalized spacial score (nSPS) is 16.2. The van der Waals surface area contributed by atoms with E-state index in [9.17, 15) is 14.0 Å². The summed E-state index contributed by atoms with van der Waals surface area (Å²) in [6, 6.07) is 11.8. The van der Waals surface area contributed by atoms with Crippen molar-refractivity contribution >= 4 is 45.2 Å². The van der Waals surface area contributed by atoms with Crippen LogP contribution in [0.4, 0.5) is 10.1 Å². The number of amides is 2. The van der Waals surface area contributed by atoms with Crippen LogP contribution in [0.15, 0.2) is 51.8 Å². The molecule has 1 atom stereocenters. The van der Waals surface area contributed by atoms with Crippen molar-refractivity contribution in [3.63, 3.8) is 0 Å². The lowest BCUT2D eigenvalue weighted by Gasteiger charge is -2.23. The number of benzene rings is 2. The van der Waals surface area contributed by atoms with Crippen molar-refractivity contribution in [2.45, 2.75) is 23.1 Å². The van der Waals surface area contributed by atoms with Crippen molar-refractivity contribution in [2.75, 3.05) is 5.32 Å². The maximum Gasteiger partial charge on any atom is 0.238 e. The minimum Gasteiger partial charge on any atom is -0.352 e. The Morgan fingerprint density at radius 3 is 2.92 bits per heavy atom. The number of para-hydroxylation sites is 1. The smallest absolute Gasteiger partial charge is 0.238 e. The second-order valence-electron chi connectivity index (χ2n) is 5.31. The molecule has 0 saturated heterocycles. The number of hydrogen-bond acceptors (Lipinski definition) is 3. The quantitative estimate of drug-likeness (QED) is 0.810. The number of halogens is 2. The topological polar surface area (TPSA) is 58.2 Å². The SMILES string of the molecule is O=C(CC1Sc2ccccc2NC1=O)NCc1cc(F)ccc1Br. The standard InChI is InChI=1S/C17H14BrFN2O2S/c18-12-6-5-11(19)7-10(12)9-20-16(22)8-15-17(23)21-13-3-1-2-4-14(13)24-15/h1-7,15H,8-9H2,(H,20,22)(H,21,23). The number of anilines is 1. The van der Waals surface area contributed by atoms with Gasteiger partial charge in [-0.05, 0) is 35.9 Å². The highest BCUT2D eigenvalue weighted by atomic mass is 79.9. The summed E-state index contributed by atoms with van der Waals surface area (Å²) < 4.78 is 14.0. The van der Waals surface area contributed by atoms with Gasteiger partial charge in [-0.1, -0.05) is 28.1 Å². The predicted octanol–water partition coefficient (Wildman–Crippen LogP) is 3.71. The Bertz CT molecular complexity index is 800. The molecule has 124 valence electrons. The van der Waals surface area contributed by atoms with Crippen molar-refractivity contribution < 1.29 is 14.0 Å². The van der Waals surface area contributed by atoms with Crippen molar-refractivity contribution in [1.29, 1.82) is 0 Å². The summed E-state index contributed by atoms with van der Waals surface area (Å²) in [6.07, 6.45) is 0.0672. The molecule has 0 radical (unpaired) electrons. The van der Waals surface area contributed by atoms with E-state index < -0.39 is 5.25 Å². The first kappa shape index (κ1) is 17.0. The van der Waals surface area contributed by atoms with Crippen LogP contribution in [0.5, 0.6) is 0 Å². The Balaban J connectivity index is 1.59. The summed E-state index contributed by atoms with van der Waals surface area (Å²) in [6.45, 7) is 0.201. The second-order valence-corrected chi connectivity index (χ2v) is 7.41. The van der Waals surface area contributed by atoms with Crippen LogP contribution in [0.3, 0.4) is 0 Å². The zero-order chi connectivity index (χ0) is 17.1. The van der Waals surface area contributed by atoms with Crippen LogP contribution in [0.25, 0.3) is 0 Å². The summed E-state index contributed by atoms with van der Waals surface area (Å²) in [5.41, 5.74) is 1.42. The highest BCUT2D eigenvalue weighted by Crippen LogP contribution is 2.36. The molecule has 2 amide bonds. The third kappa shape index (κ3) is 3.96. The Morgan fingerprint density at radius 1 is 1.29 bits per heavy atom. The fourth-order valence-corrected chi connectivity index (χ4v) is 3.84. The number of carbonyl (C=O) groups is 2. The first-order valence-corrected chi connectivity index (χ1v) is 8.97. The molecule has 2 aromatic carbocycles. The average molecular weight is 409 g/mol. The fourth-order valence-electron chi connectivity index (χ4n) is 2.34. The van der Waals surface area contributed by atoms with Crippen molar-refractivity contribution in [1.82, 2.24) is 5.32 Å². The number of carbonyl (C=O) groups excluding carboxylic acids is 2. The first-order valence-electron chi connectivity index (χ1n) is 7.30. The van der Waals surface area contributed by atoms with E-state index in [1.54, 1.807) is 6.07 Å². The molecular weight excluding hydrogens is 395 g/mol. The Morgan fingerprint density at radius 2 is 2.08 bits per heavy atom. The minimum absolute atomic E-state index is 0.0672. The van der Waals surface area contributed by atoms with E-state index in [-0.39, 0.29) is 30.6 Å². The Hall–Kier alpha value is -1.86. The molecule has 0 saturated carbocycles. The first-order chi connectivity index (χ1) is 11.5. The molecule has 0 aromatic heterocycles. The zero-order valence-corrected chi connectivity index (χ0v) is 14.9. The zero-order valence-electron chi connectivity index (χ0n) is 12.5. The third-order valence-electron chi connectivity index (χ3n) is 3.56. The molecule has 1 unspecified atom stereocenters. The molecule has 1 aliphatic rings. The summed E-state index contributed by atoms with van der Waals surface area (Å²) in [4.78, 5) is 25.2. The molecular formula is C17H14BrFN2O2S. The summed E-state index contributed by atoms with van der Waals surface area (Å²) in [7, 11) is 0. The maximum atomic E-state index is 13.2. The van der Waals surface area contributed by atoms with Gasteiger partial charge in [0.05, 0.1) is 10.9 Å². The van der Waals surface area contributed by atoms with Gasteiger partial charge in [0.15, 0.2) is 0 Å². The van der Waals surface area contributed by atoms with E-state index in [2.05, 4.69) is 26.6 Å². The van der Waals surface area contributed by atoms with Crippen molar-refractivity contribution in [2.24, 2.45) is 0 Å². The van der Waals surface area contributed by atoms with Gasteiger partial charge in [-0.2, -0.15) is 0 Å². The highest BCUT2D eigenvalue weighted by molar-refractivity contribution is 9.10. The lowest BCUT2D eigenvalue weighted by atomic mass is 10.2. The second kappa shape index (κ2) is 7.36. The van der Waals surface area contributed by atoms with Gasteiger partial charge in [0, 0.05) is 22.3 Å². The lowest BCUT2D eigenvalue weighted by Crippen LogP contribution is -2.34. The number of thioether (sulfide) groups is 1. The molecule has 0 aliphatic carbocycles. The number of fused-ring (bicyclic) bond motifs is 1. The van der Waals surface area contributed by atoms with Gasteiger partial charge in [0.1, 0.15) is 5.82 Å². The lowest BCUT2D eigenvalue weighted by molar-refractivity contribution is -0.124. The molecule has 7 heteroatoms. The number of nitrogens with one attached hydrogen (secondary N) is 2. The number of hydrogen-bond donors (Lipinski definition) is 2. The molecule has 0 fully saturated rings. The van der Waals surface area contributed by atoms with Gasteiger partial charge < -0.3 is 10.6 Å². The molecule has 4 nitrogen and oxygen atoms in total. The Kier molecular flexibility index (Phi) is 5.20. The van der Waals surface area contributed by atoms with Gasteiger partial charge in [0.2, 0.25) is 11.8 Å². The molecule has 1 heterocycles. The predicted molar refractivity (Wildman–Crippen MR) is 95.3 cm³/mol. The Labute approximate surface area is 151 Å². The van der Waals surface area contributed by atoms with Crippen LogP contribution in [0, 0.1) is 5.82 Å². The van der Waals surface area contributed by atoms with Crippen molar-refractivity contribution in [3.8, 4) is 0 Å². The van der Waals surface area contributed by atoms with Gasteiger partial charge in [0.25, 0.3) is 0 Å². The molecule has 24 heavy (non-hydrogen) atoms. The van der Waals surface area contributed by atoms with E-state index in [1.807, 2.05) is 24.3 Å². The summed E-state index contributed by atoms with van der Waals surface area (Å²) in [5, 5.41) is 5.06. The molecule has 3 rings (SSSR count). The van der Waals surface area contributed by atoms with Gasteiger partial charge >= 0.3 is 0 Å². The molecule has 2 N–H and O–H groups in total. The van der Waals surface area contributed by atoms with Crippen molar-refractivity contribution in [3.05, 3.63) is 58.3 Å². The fraction of sp³-hybridized carbons (Fsp3) is 0.176. The molecule has 1 aliphatic heterocycles. The van der Waals surface area contributed by atoms with E-state index in [1.165, 1.54) is 23.9 Å². The van der Waals surface area contributed by atoms with Crippen LogP contribution >= 0.6 is 27.7 Å². The van der Waals surface area contributed by atoms with Gasteiger partial charge in [-0.25, -0.2) is 4.39 Å². The highest BCUT2D eigenvalue weighted by Gasteiger charge is 2.28. The summed E-state index contributed by atoms with van der Waals surface area (Å²) in [5.74, 6) is -0.791. The molecule has 2 aromatic rings. The van der Waals surface area contributed by atoms with E-state index in [0.717, 1.165) is 15.1 Å². The monoisotopic (exact) mass is 408 g/mol. The van der Waals surface area contributed by atoms with Crippen LogP contribution in [-0.2, 0) is 16.1 Å². The van der Waals surface area contributed by atoms with Crippen LogP contribution in [0.2, 0.25) is 0 Å². The minimum atomic E-state index is -0.476. The average Bonchev–Trinajstić information content (AvgIpc) is 2.56. The van der Waals surface area contributed by atoms with E-state index in [4.69, 9.17) is 0 Å². The van der Waals surface area contributed by atoms with Gasteiger partial charge in [-0.15, -0.1) is 11.8 Å². The van der Waals surface area contributed by atoms with Crippen LogP contribution in [-0.4, -0.2) is 17.1 Å². The largest absolute Gasteiger partial charge is 0.352 e. The van der Waals surface area contributed by atoms with Crippen LogP contribution < -0.4 is 10.6 Å². The van der Waals surface area contributed by atoms with E-state index >= 15 is 0 Å². The van der Waals surface area contributed by atoms with E-state index in [0.29, 0.717) is 5.56 Å².